The molecule has 0 radical (unpaired) electrons. The van der Waals surface area contributed by atoms with Crippen molar-refractivity contribution in [2.24, 2.45) is 0 Å². The van der Waals surface area contributed by atoms with Gasteiger partial charge in [-0.2, -0.15) is 5.26 Å². The molecule has 2 aromatic carbocycles. The molecule has 0 bridgehead atoms. The molecule has 5 rings (SSSR count). The van der Waals surface area contributed by atoms with Gasteiger partial charge in [-0.3, -0.25) is 0 Å². The van der Waals surface area contributed by atoms with Crippen molar-refractivity contribution < 1.29 is 0 Å². The number of fused-ring (bicyclic) bond motifs is 3. The van der Waals surface area contributed by atoms with Crippen LogP contribution < -0.4 is 4.90 Å². The Hall–Kier alpha value is -2.28. The summed E-state index contributed by atoms with van der Waals surface area (Å²) in [5, 5.41) is 13.1. The van der Waals surface area contributed by atoms with Crippen LogP contribution in [0.1, 0.15) is 35.3 Å². The minimum Gasteiger partial charge on any atom is -0.370 e. The van der Waals surface area contributed by atoms with Gasteiger partial charge in [-0.1, -0.05) is 23.7 Å². The van der Waals surface area contributed by atoms with E-state index in [2.05, 4.69) is 40.6 Å². The molecule has 2 aliphatic rings. The Bertz CT molecular complexity index is 1070. The van der Waals surface area contributed by atoms with E-state index in [4.69, 9.17) is 11.6 Å². The van der Waals surface area contributed by atoms with Crippen LogP contribution >= 0.6 is 22.9 Å². The summed E-state index contributed by atoms with van der Waals surface area (Å²) in [4.78, 5) is 3.82. The lowest BCUT2D eigenvalue weighted by atomic mass is 9.81. The maximum absolute atomic E-state index is 10.2. The first-order chi connectivity index (χ1) is 13.8. The molecule has 0 unspecified atom stereocenters. The number of benzene rings is 2. The van der Waals surface area contributed by atoms with Gasteiger partial charge in [0.05, 0.1) is 11.3 Å². The van der Waals surface area contributed by atoms with Crippen molar-refractivity contribution in [3.05, 3.63) is 62.8 Å². The third-order valence-electron chi connectivity index (χ3n) is 5.99. The van der Waals surface area contributed by atoms with Gasteiger partial charge >= 0.3 is 0 Å². The SMILES string of the molecule is N#Cc1c(N2CCCCC2)cc(-c2ccc(Cl)cc2)c2c1-c1ccsc1CC2. The van der Waals surface area contributed by atoms with Crippen LogP contribution in [-0.2, 0) is 12.8 Å². The number of nitriles is 1. The van der Waals surface area contributed by atoms with Gasteiger partial charge in [-0.15, -0.1) is 11.3 Å². The summed E-state index contributed by atoms with van der Waals surface area (Å²) in [6.07, 6.45) is 5.70. The van der Waals surface area contributed by atoms with Crippen molar-refractivity contribution in [2.45, 2.75) is 32.1 Å². The largest absolute Gasteiger partial charge is 0.370 e. The van der Waals surface area contributed by atoms with E-state index in [1.54, 1.807) is 0 Å². The van der Waals surface area contributed by atoms with Crippen LogP contribution in [0.4, 0.5) is 5.69 Å². The fraction of sp³-hybridized carbons (Fsp3) is 0.292. The number of aryl methyl sites for hydroxylation is 1. The van der Waals surface area contributed by atoms with Crippen LogP contribution in [-0.4, -0.2) is 13.1 Å². The quantitative estimate of drug-likeness (QED) is 0.475. The van der Waals surface area contributed by atoms with Gasteiger partial charge < -0.3 is 4.90 Å². The summed E-state index contributed by atoms with van der Waals surface area (Å²) >= 11 is 7.96. The van der Waals surface area contributed by atoms with E-state index in [0.717, 1.165) is 47.8 Å². The maximum atomic E-state index is 10.2. The number of rotatable bonds is 2. The molecule has 1 saturated heterocycles. The highest BCUT2D eigenvalue weighted by Crippen LogP contribution is 2.46. The molecule has 28 heavy (non-hydrogen) atoms. The monoisotopic (exact) mass is 404 g/mol. The Morgan fingerprint density at radius 3 is 2.50 bits per heavy atom. The molecule has 0 atom stereocenters. The van der Waals surface area contributed by atoms with Crippen LogP contribution in [0.5, 0.6) is 0 Å². The molecule has 4 heteroatoms. The number of hydrogen-bond acceptors (Lipinski definition) is 3. The Morgan fingerprint density at radius 1 is 0.964 bits per heavy atom. The summed E-state index contributed by atoms with van der Waals surface area (Å²) < 4.78 is 0. The van der Waals surface area contributed by atoms with Crippen molar-refractivity contribution in [3.63, 3.8) is 0 Å². The van der Waals surface area contributed by atoms with Gasteiger partial charge in [0.25, 0.3) is 0 Å². The molecule has 2 nitrogen and oxygen atoms in total. The Labute approximate surface area is 175 Å². The minimum atomic E-state index is 0.752. The molecule has 2 heterocycles. The first-order valence-corrected chi connectivity index (χ1v) is 11.2. The zero-order valence-corrected chi connectivity index (χ0v) is 17.2. The fourth-order valence-electron chi connectivity index (χ4n) is 4.65. The van der Waals surface area contributed by atoms with Crippen molar-refractivity contribution in [3.8, 4) is 28.3 Å². The van der Waals surface area contributed by atoms with Gasteiger partial charge in [0, 0.05) is 28.6 Å². The van der Waals surface area contributed by atoms with Crippen LogP contribution in [0.3, 0.4) is 0 Å². The van der Waals surface area contributed by atoms with Crippen molar-refractivity contribution >= 4 is 28.6 Å². The molecule has 0 amide bonds. The number of hydrogen-bond donors (Lipinski definition) is 0. The van der Waals surface area contributed by atoms with Crippen LogP contribution in [0.15, 0.2) is 41.8 Å². The van der Waals surface area contributed by atoms with Crippen molar-refractivity contribution in [1.29, 1.82) is 5.26 Å². The van der Waals surface area contributed by atoms with Gasteiger partial charge in [-0.05, 0) is 84.0 Å². The first kappa shape index (κ1) is 17.8. The molecule has 1 aliphatic carbocycles. The Kier molecular flexibility index (Phi) is 4.62. The molecule has 140 valence electrons. The van der Waals surface area contributed by atoms with Gasteiger partial charge in [-0.25, -0.2) is 0 Å². The highest BCUT2D eigenvalue weighted by molar-refractivity contribution is 7.10. The zero-order chi connectivity index (χ0) is 19.1. The van der Waals surface area contributed by atoms with Gasteiger partial charge in [0.1, 0.15) is 6.07 Å². The van der Waals surface area contributed by atoms with E-state index in [-0.39, 0.29) is 0 Å². The highest BCUT2D eigenvalue weighted by atomic mass is 35.5. The average Bonchev–Trinajstić information content (AvgIpc) is 3.23. The lowest BCUT2D eigenvalue weighted by Crippen LogP contribution is -2.30. The summed E-state index contributed by atoms with van der Waals surface area (Å²) in [5.41, 5.74) is 8.13. The van der Waals surface area contributed by atoms with Gasteiger partial charge in [0.15, 0.2) is 0 Å². The summed E-state index contributed by atoms with van der Waals surface area (Å²) in [6.45, 7) is 2.06. The molecule has 1 aromatic heterocycles. The predicted octanol–water partition coefficient (Wildman–Crippen LogP) is 6.70. The topological polar surface area (TPSA) is 27.0 Å². The summed E-state index contributed by atoms with van der Waals surface area (Å²) in [7, 11) is 0. The number of thiophene rings is 1. The molecule has 3 aromatic rings. The van der Waals surface area contributed by atoms with Gasteiger partial charge in [0.2, 0.25) is 0 Å². The van der Waals surface area contributed by atoms with Crippen LogP contribution in [0.25, 0.3) is 22.3 Å². The predicted molar refractivity (Wildman–Crippen MR) is 118 cm³/mol. The molecule has 0 N–H and O–H groups in total. The van der Waals surface area contributed by atoms with E-state index in [9.17, 15) is 5.26 Å². The van der Waals surface area contributed by atoms with Crippen molar-refractivity contribution in [2.75, 3.05) is 18.0 Å². The smallest absolute Gasteiger partial charge is 0.102 e. The van der Waals surface area contributed by atoms with Crippen LogP contribution in [0, 0.1) is 11.3 Å². The molecule has 0 saturated carbocycles. The van der Waals surface area contributed by atoms with E-state index in [1.165, 1.54) is 46.4 Å². The summed E-state index contributed by atoms with van der Waals surface area (Å²) in [6, 6.07) is 15.2. The van der Waals surface area contributed by atoms with E-state index in [1.807, 2.05) is 23.5 Å². The third kappa shape index (κ3) is 2.92. The Morgan fingerprint density at radius 2 is 1.75 bits per heavy atom. The molecular weight excluding hydrogens is 384 g/mol. The fourth-order valence-corrected chi connectivity index (χ4v) is 5.66. The van der Waals surface area contributed by atoms with E-state index in [0.29, 0.717) is 0 Å². The second-order valence-corrected chi connectivity index (χ2v) is 9.03. The zero-order valence-electron chi connectivity index (χ0n) is 15.7. The number of nitrogens with zero attached hydrogens (tertiary/aromatic N) is 2. The van der Waals surface area contributed by atoms with E-state index < -0.39 is 0 Å². The third-order valence-corrected chi connectivity index (χ3v) is 7.23. The second-order valence-electron chi connectivity index (χ2n) is 7.60. The van der Waals surface area contributed by atoms with E-state index >= 15 is 0 Å². The normalized spacial score (nSPS) is 15.6. The molecular formula is C24H21ClN2S. The maximum Gasteiger partial charge on any atom is 0.102 e. The molecule has 1 aliphatic heterocycles. The molecule has 0 spiro atoms. The number of halogens is 1. The number of piperidine rings is 1. The second kappa shape index (κ2) is 7.28. The Balaban J connectivity index is 1.79. The number of anilines is 1. The lowest BCUT2D eigenvalue weighted by Gasteiger charge is -2.32. The summed E-state index contributed by atoms with van der Waals surface area (Å²) in [5.74, 6) is 0. The standard InChI is InChI=1S/C24H21ClN2S/c25-17-6-4-16(5-7-17)20-14-22(27-11-2-1-3-12-27)21(15-26)24-18(20)8-9-23-19(24)10-13-28-23/h4-7,10,13-14H,1-3,8-9,11-12H2. The van der Waals surface area contributed by atoms with Crippen LogP contribution in [0.2, 0.25) is 5.02 Å². The average molecular weight is 405 g/mol. The molecule has 1 fully saturated rings. The first-order valence-electron chi connectivity index (χ1n) is 9.94. The highest BCUT2D eigenvalue weighted by Gasteiger charge is 2.28. The lowest BCUT2D eigenvalue weighted by molar-refractivity contribution is 0.577. The minimum absolute atomic E-state index is 0.752. The van der Waals surface area contributed by atoms with Crippen molar-refractivity contribution in [1.82, 2.24) is 0 Å².